The second kappa shape index (κ2) is 3.95. The molecule has 3 rings (SSSR count). The van der Waals surface area contributed by atoms with E-state index < -0.39 is 0 Å². The van der Waals surface area contributed by atoms with E-state index in [1.165, 1.54) is 23.5 Å². The van der Waals surface area contributed by atoms with Crippen LogP contribution in [0.1, 0.15) is 0 Å². The third-order valence-corrected chi connectivity index (χ3v) is 4.50. The highest BCUT2D eigenvalue weighted by molar-refractivity contribution is 14.1. The molecule has 86 valence electrons. The third-order valence-electron chi connectivity index (χ3n) is 2.37. The molecule has 0 unspecified atom stereocenters. The number of halogens is 2. The normalized spacial score (nSPS) is 11.2. The molecular weight excluding hydrogens is 354 g/mol. The first-order valence-electron chi connectivity index (χ1n) is 4.75. The maximum Gasteiger partial charge on any atom is 0.192 e. The Balaban J connectivity index is 2.21. The summed E-state index contributed by atoms with van der Waals surface area (Å²) >= 11 is 3.54. The van der Waals surface area contributed by atoms with Crippen molar-refractivity contribution in [2.45, 2.75) is 0 Å². The maximum absolute atomic E-state index is 13.1. The third kappa shape index (κ3) is 1.81. The van der Waals surface area contributed by atoms with Crippen LogP contribution in [0.5, 0.6) is 0 Å². The van der Waals surface area contributed by atoms with Crippen LogP contribution in [0.2, 0.25) is 0 Å². The number of nitrogens with zero attached hydrogens (tertiary/aromatic N) is 1. The Bertz CT molecular complexity index is 707. The number of nitrogen functional groups attached to an aromatic ring is 1. The Morgan fingerprint density at radius 3 is 2.88 bits per heavy atom. The van der Waals surface area contributed by atoms with Crippen molar-refractivity contribution in [3.63, 3.8) is 0 Å². The largest absolute Gasteiger partial charge is 0.380 e. The van der Waals surface area contributed by atoms with Gasteiger partial charge < -0.3 is 10.3 Å². The van der Waals surface area contributed by atoms with Crippen LogP contribution in [0.15, 0.2) is 28.8 Å². The van der Waals surface area contributed by atoms with Gasteiger partial charge in [0.15, 0.2) is 11.6 Å². The van der Waals surface area contributed by atoms with Crippen molar-refractivity contribution >= 4 is 49.8 Å². The molecule has 0 saturated carbocycles. The van der Waals surface area contributed by atoms with E-state index in [0.717, 1.165) is 18.5 Å². The predicted molar refractivity (Wildman–Crippen MR) is 74.4 cm³/mol. The zero-order valence-corrected chi connectivity index (χ0v) is 11.4. The summed E-state index contributed by atoms with van der Waals surface area (Å²) in [4.78, 5) is 0.902. The van der Waals surface area contributed by atoms with Crippen LogP contribution >= 0.6 is 33.9 Å². The number of aromatic nitrogens is 1. The van der Waals surface area contributed by atoms with E-state index in [2.05, 4.69) is 27.7 Å². The van der Waals surface area contributed by atoms with Gasteiger partial charge in [0.2, 0.25) is 0 Å². The molecule has 0 spiro atoms. The van der Waals surface area contributed by atoms with E-state index in [0.29, 0.717) is 11.6 Å². The van der Waals surface area contributed by atoms with E-state index in [1.807, 2.05) is 6.07 Å². The lowest BCUT2D eigenvalue weighted by Gasteiger charge is -1.88. The molecule has 3 aromatic rings. The Kier molecular flexibility index (Phi) is 2.55. The molecule has 6 heteroatoms. The molecule has 0 aliphatic rings. The monoisotopic (exact) mass is 360 g/mol. The van der Waals surface area contributed by atoms with E-state index in [9.17, 15) is 4.39 Å². The summed E-state index contributed by atoms with van der Waals surface area (Å²) in [5.74, 6) is 0.784. The molecular formula is C11H6FIN2OS. The van der Waals surface area contributed by atoms with Gasteiger partial charge in [0.05, 0.1) is 4.88 Å². The van der Waals surface area contributed by atoms with Crippen LogP contribution in [0.3, 0.4) is 0 Å². The van der Waals surface area contributed by atoms with Gasteiger partial charge in [-0.15, -0.1) is 11.3 Å². The van der Waals surface area contributed by atoms with Gasteiger partial charge in [-0.25, -0.2) is 4.39 Å². The average Bonchev–Trinajstić information content (AvgIpc) is 2.83. The predicted octanol–water partition coefficient (Wildman–Crippen LogP) is 3.88. The fourth-order valence-corrected chi connectivity index (χ4v) is 3.30. The van der Waals surface area contributed by atoms with Crippen molar-refractivity contribution < 1.29 is 8.91 Å². The molecule has 2 N–H and O–H groups in total. The van der Waals surface area contributed by atoms with Gasteiger partial charge >= 0.3 is 0 Å². The molecule has 0 atom stereocenters. The van der Waals surface area contributed by atoms with Gasteiger partial charge in [-0.05, 0) is 46.2 Å². The van der Waals surface area contributed by atoms with E-state index >= 15 is 0 Å². The highest BCUT2D eigenvalue weighted by atomic mass is 127. The van der Waals surface area contributed by atoms with Gasteiger partial charge in [0, 0.05) is 4.70 Å². The second-order valence-corrected chi connectivity index (χ2v) is 5.67. The van der Waals surface area contributed by atoms with E-state index in [4.69, 9.17) is 10.3 Å². The highest BCUT2D eigenvalue weighted by Gasteiger charge is 2.15. The zero-order chi connectivity index (χ0) is 12.0. The molecule has 2 heterocycles. The first kappa shape index (κ1) is 11.0. The number of nitrogens with two attached hydrogens (primary N) is 1. The van der Waals surface area contributed by atoms with Crippen LogP contribution in [0.4, 0.5) is 10.2 Å². The van der Waals surface area contributed by atoms with Gasteiger partial charge in [-0.1, -0.05) is 11.2 Å². The topological polar surface area (TPSA) is 52.0 Å². The molecule has 0 aliphatic carbocycles. The minimum Gasteiger partial charge on any atom is -0.380 e. The molecule has 0 fully saturated rings. The van der Waals surface area contributed by atoms with Crippen molar-refractivity contribution in [1.82, 2.24) is 5.16 Å². The lowest BCUT2D eigenvalue weighted by atomic mass is 10.2. The number of rotatable bonds is 1. The van der Waals surface area contributed by atoms with Crippen LogP contribution in [0.25, 0.3) is 20.7 Å². The van der Waals surface area contributed by atoms with Crippen molar-refractivity contribution in [2.24, 2.45) is 0 Å². The smallest absolute Gasteiger partial charge is 0.192 e. The fraction of sp³-hybridized carbons (Fsp3) is 0. The Morgan fingerprint density at radius 1 is 1.35 bits per heavy atom. The molecule has 0 aliphatic heterocycles. The SMILES string of the molecule is Nc1noc(-c2cc3ccc(F)cc3s2)c1I. The second-order valence-electron chi connectivity index (χ2n) is 3.50. The summed E-state index contributed by atoms with van der Waals surface area (Å²) in [5, 5.41) is 4.69. The quantitative estimate of drug-likeness (QED) is 0.670. The summed E-state index contributed by atoms with van der Waals surface area (Å²) < 4.78 is 19.9. The lowest BCUT2D eigenvalue weighted by Crippen LogP contribution is -1.85. The fourth-order valence-electron chi connectivity index (χ4n) is 1.56. The molecule has 0 amide bonds. The minimum absolute atomic E-state index is 0.238. The van der Waals surface area contributed by atoms with E-state index in [-0.39, 0.29) is 5.82 Å². The van der Waals surface area contributed by atoms with Crippen molar-refractivity contribution in [1.29, 1.82) is 0 Å². The van der Waals surface area contributed by atoms with Crippen molar-refractivity contribution in [3.8, 4) is 10.6 Å². The number of benzene rings is 1. The summed E-state index contributed by atoms with van der Waals surface area (Å²) in [6.45, 7) is 0. The summed E-state index contributed by atoms with van der Waals surface area (Å²) in [6, 6.07) is 6.65. The molecule has 2 aromatic heterocycles. The number of thiophene rings is 1. The van der Waals surface area contributed by atoms with E-state index in [1.54, 1.807) is 6.07 Å². The first-order chi connectivity index (χ1) is 8.15. The molecule has 0 saturated heterocycles. The number of fused-ring (bicyclic) bond motifs is 1. The van der Waals surface area contributed by atoms with Crippen LogP contribution in [-0.4, -0.2) is 5.16 Å². The van der Waals surface area contributed by atoms with Gasteiger partial charge in [0.25, 0.3) is 0 Å². The van der Waals surface area contributed by atoms with Crippen molar-refractivity contribution in [3.05, 3.63) is 33.7 Å². The Labute approximate surface area is 114 Å². The minimum atomic E-state index is -0.238. The number of anilines is 1. The van der Waals surface area contributed by atoms with Gasteiger partial charge in [-0.3, -0.25) is 0 Å². The zero-order valence-electron chi connectivity index (χ0n) is 8.41. The average molecular weight is 360 g/mol. The van der Waals surface area contributed by atoms with Crippen LogP contribution in [0, 0.1) is 9.39 Å². The summed E-state index contributed by atoms with van der Waals surface area (Å²) in [5.41, 5.74) is 5.63. The number of hydrogen-bond acceptors (Lipinski definition) is 4. The summed E-state index contributed by atoms with van der Waals surface area (Å²) in [6.07, 6.45) is 0. The number of hydrogen-bond donors (Lipinski definition) is 1. The molecule has 0 radical (unpaired) electrons. The Hall–Kier alpha value is -1.15. The highest BCUT2D eigenvalue weighted by Crippen LogP contribution is 2.37. The summed E-state index contributed by atoms with van der Waals surface area (Å²) in [7, 11) is 0. The van der Waals surface area contributed by atoms with Crippen LogP contribution < -0.4 is 5.73 Å². The maximum atomic E-state index is 13.1. The van der Waals surface area contributed by atoms with Crippen LogP contribution in [-0.2, 0) is 0 Å². The first-order valence-corrected chi connectivity index (χ1v) is 6.65. The molecule has 17 heavy (non-hydrogen) atoms. The molecule has 0 bridgehead atoms. The standard InChI is InChI=1S/C11H6FIN2OS/c12-6-2-1-5-3-8(17-7(5)4-6)10-9(13)11(14)15-16-10/h1-4H,(H2,14,15). The Morgan fingerprint density at radius 2 is 2.18 bits per heavy atom. The van der Waals surface area contributed by atoms with Crippen molar-refractivity contribution in [2.75, 3.05) is 5.73 Å². The van der Waals surface area contributed by atoms with Gasteiger partial charge in [-0.2, -0.15) is 0 Å². The lowest BCUT2D eigenvalue weighted by molar-refractivity contribution is 0.436. The molecule has 1 aromatic carbocycles. The van der Waals surface area contributed by atoms with Gasteiger partial charge in [0.1, 0.15) is 9.39 Å². The molecule has 3 nitrogen and oxygen atoms in total.